The number of carboxylic acids is 2. The summed E-state index contributed by atoms with van der Waals surface area (Å²) in [6.07, 6.45) is -13.5. The van der Waals surface area contributed by atoms with E-state index in [-0.39, 0.29) is 5.56 Å². The number of carbonyl (C=O) groups is 2. The van der Waals surface area contributed by atoms with E-state index in [1.807, 2.05) is 24.3 Å². The summed E-state index contributed by atoms with van der Waals surface area (Å²) in [5.41, 5.74) is 7.77. The zero-order valence-corrected chi connectivity index (χ0v) is 20.6. The van der Waals surface area contributed by atoms with Gasteiger partial charge in [0.05, 0.1) is 16.6 Å². The number of fused-ring (bicyclic) bond motifs is 2. The van der Waals surface area contributed by atoms with Crippen molar-refractivity contribution in [2.24, 2.45) is 0 Å². The second-order valence-corrected chi connectivity index (χ2v) is 8.06. The monoisotopic (exact) mass is 623 g/mol. The van der Waals surface area contributed by atoms with Crippen LogP contribution >= 0.6 is 0 Å². The van der Waals surface area contributed by atoms with Crippen molar-refractivity contribution in [1.29, 1.82) is 0 Å². The minimum Gasteiger partial charge on any atom is -0.475 e. The van der Waals surface area contributed by atoms with E-state index >= 15 is 0 Å². The number of alkyl halides is 9. The molecule has 0 aliphatic heterocycles. The first-order valence-electron chi connectivity index (χ1n) is 11.1. The van der Waals surface area contributed by atoms with Crippen molar-refractivity contribution in [2.75, 3.05) is 5.73 Å². The third-order valence-electron chi connectivity index (χ3n) is 5.02. The van der Waals surface area contributed by atoms with Crippen LogP contribution in [0.5, 0.6) is 0 Å². The number of hydrogen-bond acceptors (Lipinski definition) is 7. The molecule has 0 fully saturated rings. The smallest absolute Gasteiger partial charge is 0.475 e. The number of halogens is 9. The highest BCUT2D eigenvalue weighted by atomic mass is 19.4. The number of hydrogen-bond donors (Lipinski definition) is 4. The summed E-state index contributed by atoms with van der Waals surface area (Å²) in [6, 6.07) is 13.4. The standard InChI is InChI=1S/C20H12F3N5O.2C2HF3O2/c21-20(22,23)12-7-11(9-25-17(12)24)10-5-6-15-16(8-10)29-19(28-15)18-26-13-3-1-2-4-14(13)27-18;2*3-2(4,5)1(6)7/h1-9H,(H2,24,25)(H,26,27);2*(H,6,7). The number of oxazole rings is 1. The zero-order chi connectivity index (χ0) is 32.3. The van der Waals surface area contributed by atoms with Gasteiger partial charge in [0, 0.05) is 11.8 Å². The second kappa shape index (κ2) is 11.9. The highest BCUT2D eigenvalue weighted by molar-refractivity contribution is 5.83. The first-order valence-corrected chi connectivity index (χ1v) is 11.1. The van der Waals surface area contributed by atoms with Crippen LogP contribution in [0, 0.1) is 0 Å². The van der Waals surface area contributed by atoms with Gasteiger partial charge in [-0.2, -0.15) is 39.5 Å². The number of nitrogens with zero attached hydrogens (tertiary/aromatic N) is 3. The fourth-order valence-electron chi connectivity index (χ4n) is 3.12. The van der Waals surface area contributed by atoms with E-state index in [1.54, 1.807) is 18.2 Å². The molecule has 0 unspecified atom stereocenters. The molecule has 10 nitrogen and oxygen atoms in total. The summed E-state index contributed by atoms with van der Waals surface area (Å²) >= 11 is 0. The number of H-pyrrole nitrogens is 1. The van der Waals surface area contributed by atoms with Crippen molar-refractivity contribution in [2.45, 2.75) is 18.5 Å². The molecule has 43 heavy (non-hydrogen) atoms. The molecule has 0 aliphatic carbocycles. The number of benzene rings is 2. The summed E-state index contributed by atoms with van der Waals surface area (Å²) < 4.78 is 109. The molecule has 19 heteroatoms. The SMILES string of the molecule is Nc1ncc(-c2ccc3nc(-c4nc5ccccc5[nH]4)oc3c2)cc1C(F)(F)F.O=C(O)C(F)(F)F.O=C(O)C(F)(F)F. The van der Waals surface area contributed by atoms with Gasteiger partial charge in [-0.1, -0.05) is 18.2 Å². The highest BCUT2D eigenvalue weighted by Crippen LogP contribution is 2.36. The third kappa shape index (κ3) is 8.11. The van der Waals surface area contributed by atoms with E-state index < -0.39 is 41.8 Å². The molecule has 5 N–H and O–H groups in total. The minimum absolute atomic E-state index is 0.273. The number of nitrogens with two attached hydrogens (primary N) is 1. The number of rotatable bonds is 2. The lowest BCUT2D eigenvalue weighted by Gasteiger charge is -2.10. The Bertz CT molecular complexity index is 1720. The number of anilines is 1. The predicted molar refractivity (Wildman–Crippen MR) is 129 cm³/mol. The number of carboxylic acid groups (broad SMARTS) is 2. The van der Waals surface area contributed by atoms with Gasteiger partial charge in [0.1, 0.15) is 11.3 Å². The highest BCUT2D eigenvalue weighted by Gasteiger charge is 2.39. The van der Waals surface area contributed by atoms with E-state index in [2.05, 4.69) is 19.9 Å². The van der Waals surface area contributed by atoms with Crippen molar-refractivity contribution in [3.05, 3.63) is 60.3 Å². The fourth-order valence-corrected chi connectivity index (χ4v) is 3.12. The van der Waals surface area contributed by atoms with E-state index in [1.165, 1.54) is 6.20 Å². The number of aromatic nitrogens is 4. The molecule has 2 aromatic carbocycles. The molecule has 0 saturated heterocycles. The lowest BCUT2D eigenvalue weighted by Crippen LogP contribution is -2.21. The molecule has 228 valence electrons. The average molecular weight is 623 g/mol. The molecule has 0 radical (unpaired) electrons. The summed E-state index contributed by atoms with van der Waals surface area (Å²) in [6.45, 7) is 0. The molecular formula is C24H14F9N5O5. The predicted octanol–water partition coefficient (Wildman–Crippen LogP) is 6.30. The van der Waals surface area contributed by atoms with Gasteiger partial charge in [0.15, 0.2) is 11.4 Å². The summed E-state index contributed by atoms with van der Waals surface area (Å²) in [4.78, 5) is 33.5. The average Bonchev–Trinajstić information content (AvgIpc) is 3.52. The molecular weight excluding hydrogens is 609 g/mol. The second-order valence-electron chi connectivity index (χ2n) is 8.06. The molecule has 3 aromatic heterocycles. The number of nitrogen functional groups attached to an aromatic ring is 1. The van der Waals surface area contributed by atoms with Gasteiger partial charge < -0.3 is 25.3 Å². The molecule has 0 aliphatic rings. The van der Waals surface area contributed by atoms with E-state index in [9.17, 15) is 39.5 Å². The Morgan fingerprint density at radius 3 is 1.91 bits per heavy atom. The van der Waals surface area contributed by atoms with Gasteiger partial charge in [-0.05, 0) is 35.9 Å². The lowest BCUT2D eigenvalue weighted by molar-refractivity contribution is -0.193. The number of nitrogens with one attached hydrogen (secondary N) is 1. The summed E-state index contributed by atoms with van der Waals surface area (Å²) in [5.74, 6) is -5.31. The Morgan fingerprint density at radius 2 is 1.37 bits per heavy atom. The van der Waals surface area contributed by atoms with E-state index in [0.29, 0.717) is 28.4 Å². The molecule has 0 amide bonds. The van der Waals surface area contributed by atoms with Crippen LogP contribution in [0.2, 0.25) is 0 Å². The molecule has 0 bridgehead atoms. The van der Waals surface area contributed by atoms with E-state index in [4.69, 9.17) is 30.0 Å². The van der Waals surface area contributed by atoms with Gasteiger partial charge >= 0.3 is 30.5 Å². The van der Waals surface area contributed by atoms with Gasteiger partial charge in [-0.3, -0.25) is 0 Å². The largest absolute Gasteiger partial charge is 0.490 e. The Hall–Kier alpha value is -5.36. The molecule has 5 rings (SSSR count). The van der Waals surface area contributed by atoms with Crippen molar-refractivity contribution in [3.63, 3.8) is 0 Å². The molecule has 0 atom stereocenters. The van der Waals surface area contributed by atoms with Crippen LogP contribution in [-0.4, -0.2) is 54.4 Å². The maximum atomic E-state index is 13.1. The number of imidazole rings is 1. The third-order valence-corrected chi connectivity index (χ3v) is 5.02. The van der Waals surface area contributed by atoms with Crippen LogP contribution < -0.4 is 5.73 Å². The Labute approximate surface area is 231 Å². The maximum absolute atomic E-state index is 13.1. The summed E-state index contributed by atoms with van der Waals surface area (Å²) in [5, 5.41) is 14.2. The first-order chi connectivity index (χ1) is 19.8. The Balaban J connectivity index is 0.000000303. The van der Waals surface area contributed by atoms with Crippen molar-refractivity contribution >= 4 is 39.9 Å². The molecule has 0 saturated carbocycles. The van der Waals surface area contributed by atoms with Gasteiger partial charge in [-0.25, -0.2) is 24.5 Å². The van der Waals surface area contributed by atoms with Crippen LogP contribution in [0.1, 0.15) is 5.56 Å². The number of aliphatic carboxylic acids is 2. The quantitative estimate of drug-likeness (QED) is 0.165. The Morgan fingerprint density at radius 1 is 0.791 bits per heavy atom. The van der Waals surface area contributed by atoms with Crippen molar-refractivity contribution in [3.8, 4) is 22.8 Å². The normalized spacial score (nSPS) is 11.8. The van der Waals surface area contributed by atoms with Crippen LogP contribution in [-0.2, 0) is 15.8 Å². The van der Waals surface area contributed by atoms with Crippen LogP contribution in [0.4, 0.5) is 45.3 Å². The topological polar surface area (TPSA) is 168 Å². The zero-order valence-electron chi connectivity index (χ0n) is 20.6. The number of pyridine rings is 1. The van der Waals surface area contributed by atoms with Gasteiger partial charge in [0.2, 0.25) is 0 Å². The Kier molecular flexibility index (Phi) is 8.87. The number of para-hydroxylation sites is 2. The van der Waals surface area contributed by atoms with Gasteiger partial charge in [0.25, 0.3) is 5.89 Å². The molecule has 0 spiro atoms. The minimum atomic E-state index is -5.08. The first kappa shape index (κ1) is 32.2. The molecule has 3 heterocycles. The molecule has 5 aromatic rings. The van der Waals surface area contributed by atoms with Crippen molar-refractivity contribution in [1.82, 2.24) is 19.9 Å². The van der Waals surface area contributed by atoms with E-state index in [0.717, 1.165) is 17.1 Å². The lowest BCUT2D eigenvalue weighted by atomic mass is 10.0. The van der Waals surface area contributed by atoms with Crippen LogP contribution in [0.25, 0.3) is 45.0 Å². The number of aromatic amines is 1. The van der Waals surface area contributed by atoms with Crippen LogP contribution in [0.3, 0.4) is 0 Å². The maximum Gasteiger partial charge on any atom is 0.490 e. The fraction of sp³-hybridized carbons (Fsp3) is 0.125. The summed E-state index contributed by atoms with van der Waals surface area (Å²) in [7, 11) is 0. The van der Waals surface area contributed by atoms with Gasteiger partial charge in [-0.15, -0.1) is 0 Å². The van der Waals surface area contributed by atoms with Crippen LogP contribution in [0.15, 0.2) is 59.1 Å². The van der Waals surface area contributed by atoms with Crippen molar-refractivity contribution < 1.29 is 63.7 Å².